The molecule has 0 amide bonds. The average Bonchev–Trinajstić information content (AvgIpc) is 3.39. The van der Waals surface area contributed by atoms with E-state index in [1.54, 1.807) is 10.8 Å². The molecule has 0 saturated carbocycles. The zero-order valence-corrected chi connectivity index (χ0v) is 15.6. The Labute approximate surface area is 168 Å². The average molecular weight is 372 g/mol. The van der Waals surface area contributed by atoms with Crippen molar-refractivity contribution in [2.24, 2.45) is 0 Å². The summed E-state index contributed by atoms with van der Waals surface area (Å²) in [7, 11) is 0. The van der Waals surface area contributed by atoms with Crippen molar-refractivity contribution in [3.63, 3.8) is 0 Å². The Bertz CT molecular complexity index is 1340. The van der Waals surface area contributed by atoms with Gasteiger partial charge in [0.25, 0.3) is 0 Å². The molecule has 5 rings (SSSR count). The van der Waals surface area contributed by atoms with Gasteiger partial charge in [-0.05, 0) is 52.9 Å². The highest BCUT2D eigenvalue weighted by molar-refractivity contribution is 6.02. The fourth-order valence-corrected chi connectivity index (χ4v) is 4.11. The van der Waals surface area contributed by atoms with Gasteiger partial charge in [0, 0.05) is 17.3 Å². The molecule has 1 aromatic heterocycles. The molecule has 0 saturated heterocycles. The highest BCUT2D eigenvalue weighted by Crippen LogP contribution is 2.38. The second-order valence-electron chi connectivity index (χ2n) is 7.11. The van der Waals surface area contributed by atoms with Crippen molar-refractivity contribution in [2.45, 2.75) is 12.8 Å². The number of nitriles is 2. The fourth-order valence-electron chi connectivity index (χ4n) is 4.11. The minimum absolute atomic E-state index is 0.0600. The number of benzene rings is 3. The van der Waals surface area contributed by atoms with E-state index in [4.69, 9.17) is 5.10 Å². The Morgan fingerprint density at radius 3 is 2.41 bits per heavy atom. The van der Waals surface area contributed by atoms with Crippen LogP contribution in [0.5, 0.6) is 0 Å². The van der Waals surface area contributed by atoms with Crippen LogP contribution in [0.2, 0.25) is 0 Å². The van der Waals surface area contributed by atoms with Crippen molar-refractivity contribution in [1.29, 1.82) is 10.5 Å². The molecule has 0 N–H and O–H groups in total. The largest absolute Gasteiger partial charge is 0.240 e. The van der Waals surface area contributed by atoms with Crippen molar-refractivity contribution < 1.29 is 0 Å². The van der Waals surface area contributed by atoms with Crippen molar-refractivity contribution in [1.82, 2.24) is 9.78 Å². The van der Waals surface area contributed by atoms with Crippen molar-refractivity contribution in [3.05, 3.63) is 89.1 Å². The third-order valence-corrected chi connectivity index (χ3v) is 5.44. The first-order valence-corrected chi connectivity index (χ1v) is 9.49. The molecule has 4 heteroatoms. The maximum absolute atomic E-state index is 9.26. The molecule has 29 heavy (non-hydrogen) atoms. The molecule has 0 fully saturated rings. The zero-order valence-electron chi connectivity index (χ0n) is 15.6. The molecule has 0 aliphatic heterocycles. The lowest BCUT2D eigenvalue weighted by Gasteiger charge is -2.08. The van der Waals surface area contributed by atoms with Crippen LogP contribution in [0, 0.1) is 22.7 Å². The SMILES string of the molecule is N#CC(C#N)=Cc1cn(-c2ccccc2)nc1-c1ccc2c3c(cccc13)CC2. The van der Waals surface area contributed by atoms with E-state index >= 15 is 0 Å². The van der Waals surface area contributed by atoms with Crippen LogP contribution < -0.4 is 0 Å². The maximum Gasteiger partial charge on any atom is 0.130 e. The quantitative estimate of drug-likeness (QED) is 0.463. The standard InChI is InChI=1S/C25H16N4/c26-14-17(15-27)13-20-16-29(21-6-2-1-3-7-21)28-25(20)23-12-11-19-10-9-18-5-4-8-22(23)24(18)19/h1-8,11-13,16H,9-10H2. The van der Waals surface area contributed by atoms with Crippen LogP contribution in [-0.2, 0) is 12.8 Å². The number of aromatic nitrogens is 2. The van der Waals surface area contributed by atoms with Gasteiger partial charge >= 0.3 is 0 Å². The van der Waals surface area contributed by atoms with Crippen LogP contribution in [0.4, 0.5) is 0 Å². The predicted molar refractivity (Wildman–Crippen MR) is 113 cm³/mol. The van der Waals surface area contributed by atoms with Gasteiger partial charge in [-0.1, -0.05) is 48.5 Å². The molecular weight excluding hydrogens is 356 g/mol. The van der Waals surface area contributed by atoms with Gasteiger partial charge < -0.3 is 0 Å². The van der Waals surface area contributed by atoms with E-state index in [-0.39, 0.29) is 5.57 Å². The van der Waals surface area contributed by atoms with E-state index in [1.807, 2.05) is 48.7 Å². The van der Waals surface area contributed by atoms with Gasteiger partial charge in [0.1, 0.15) is 23.4 Å². The second kappa shape index (κ2) is 6.78. The lowest BCUT2D eigenvalue weighted by molar-refractivity contribution is 0.884. The number of nitrogens with zero attached hydrogens (tertiary/aromatic N) is 4. The predicted octanol–water partition coefficient (Wildman–Crippen LogP) is 5.22. The van der Waals surface area contributed by atoms with E-state index in [9.17, 15) is 10.5 Å². The Kier molecular flexibility index (Phi) is 3.97. The van der Waals surface area contributed by atoms with Crippen molar-refractivity contribution in [2.75, 3.05) is 0 Å². The van der Waals surface area contributed by atoms with Gasteiger partial charge in [-0.2, -0.15) is 15.6 Å². The summed E-state index contributed by atoms with van der Waals surface area (Å²) in [4.78, 5) is 0. The first-order valence-electron chi connectivity index (χ1n) is 9.49. The topological polar surface area (TPSA) is 65.4 Å². The molecule has 1 heterocycles. The van der Waals surface area contributed by atoms with E-state index < -0.39 is 0 Å². The molecule has 4 aromatic rings. The van der Waals surface area contributed by atoms with E-state index in [1.165, 1.54) is 21.9 Å². The van der Waals surface area contributed by atoms with Gasteiger partial charge in [-0.25, -0.2) is 4.68 Å². The van der Waals surface area contributed by atoms with Gasteiger partial charge in [0.2, 0.25) is 0 Å². The van der Waals surface area contributed by atoms with Crippen LogP contribution in [0.15, 0.2) is 72.4 Å². The van der Waals surface area contributed by atoms with Gasteiger partial charge in [0.15, 0.2) is 0 Å². The van der Waals surface area contributed by atoms with Crippen LogP contribution in [0.25, 0.3) is 33.8 Å². The molecule has 0 bridgehead atoms. The normalized spacial score (nSPS) is 11.8. The molecule has 1 aliphatic carbocycles. The van der Waals surface area contributed by atoms with E-state index in [0.29, 0.717) is 0 Å². The first-order chi connectivity index (χ1) is 14.3. The lowest BCUT2D eigenvalue weighted by atomic mass is 9.96. The number of rotatable bonds is 3. The first kappa shape index (κ1) is 17.0. The molecule has 1 aliphatic rings. The van der Waals surface area contributed by atoms with Crippen molar-refractivity contribution >= 4 is 16.8 Å². The minimum atomic E-state index is 0.0600. The molecule has 136 valence electrons. The number of aryl methyl sites for hydroxylation is 2. The highest BCUT2D eigenvalue weighted by Gasteiger charge is 2.19. The minimum Gasteiger partial charge on any atom is -0.240 e. The van der Waals surface area contributed by atoms with Crippen LogP contribution in [0.3, 0.4) is 0 Å². The van der Waals surface area contributed by atoms with Gasteiger partial charge in [-0.3, -0.25) is 0 Å². The number of hydrogen-bond acceptors (Lipinski definition) is 3. The maximum atomic E-state index is 9.26. The number of hydrogen-bond donors (Lipinski definition) is 0. The summed E-state index contributed by atoms with van der Waals surface area (Å²) in [6.45, 7) is 0. The molecule has 0 spiro atoms. The third-order valence-electron chi connectivity index (χ3n) is 5.44. The summed E-state index contributed by atoms with van der Waals surface area (Å²) in [5.41, 5.74) is 6.27. The van der Waals surface area contributed by atoms with Gasteiger partial charge in [0.05, 0.1) is 5.69 Å². The van der Waals surface area contributed by atoms with E-state index in [2.05, 4.69) is 30.3 Å². The number of para-hydroxylation sites is 1. The highest BCUT2D eigenvalue weighted by atomic mass is 15.3. The van der Waals surface area contributed by atoms with Crippen molar-refractivity contribution in [3.8, 4) is 29.1 Å². The lowest BCUT2D eigenvalue weighted by Crippen LogP contribution is -1.94. The van der Waals surface area contributed by atoms with Crippen LogP contribution in [0.1, 0.15) is 16.7 Å². The molecule has 4 nitrogen and oxygen atoms in total. The summed E-state index contributed by atoms with van der Waals surface area (Å²) < 4.78 is 1.80. The Hall–Kier alpha value is -4.15. The molecule has 3 aromatic carbocycles. The third kappa shape index (κ3) is 2.79. The van der Waals surface area contributed by atoms with E-state index in [0.717, 1.165) is 35.3 Å². The Morgan fingerprint density at radius 2 is 1.66 bits per heavy atom. The van der Waals surface area contributed by atoms with Crippen LogP contribution in [-0.4, -0.2) is 9.78 Å². The smallest absolute Gasteiger partial charge is 0.130 e. The second-order valence-corrected chi connectivity index (χ2v) is 7.11. The Morgan fingerprint density at radius 1 is 0.897 bits per heavy atom. The monoisotopic (exact) mass is 372 g/mol. The summed E-state index contributed by atoms with van der Waals surface area (Å²) in [5, 5.41) is 25.9. The summed E-state index contributed by atoms with van der Waals surface area (Å²) in [5.74, 6) is 0. The molecular formula is C25H16N4. The fraction of sp³-hybridized carbons (Fsp3) is 0.0800. The zero-order chi connectivity index (χ0) is 19.8. The molecule has 0 atom stereocenters. The molecule has 0 radical (unpaired) electrons. The van der Waals surface area contributed by atoms with Crippen LogP contribution >= 0.6 is 0 Å². The summed E-state index contributed by atoms with van der Waals surface area (Å²) in [6, 6.07) is 24.5. The summed E-state index contributed by atoms with van der Waals surface area (Å²) >= 11 is 0. The number of allylic oxidation sites excluding steroid dienone is 1. The Balaban J connectivity index is 1.79. The summed E-state index contributed by atoms with van der Waals surface area (Å²) in [6.07, 6.45) is 5.62. The molecule has 0 unspecified atom stereocenters. The van der Waals surface area contributed by atoms with Gasteiger partial charge in [-0.15, -0.1) is 0 Å².